The van der Waals surface area contributed by atoms with E-state index in [0.29, 0.717) is 13.2 Å². The van der Waals surface area contributed by atoms with E-state index in [0.717, 1.165) is 0 Å². The molecule has 1 aliphatic carbocycles. The Morgan fingerprint density at radius 1 is 1.42 bits per heavy atom. The lowest BCUT2D eigenvalue weighted by Crippen LogP contribution is -2.34. The molecular formula is C7H9F2NO2. The van der Waals surface area contributed by atoms with E-state index in [1.165, 1.54) is 0 Å². The fourth-order valence-corrected chi connectivity index (χ4v) is 1.68. The maximum atomic E-state index is 11.7. The number of halogens is 2. The van der Waals surface area contributed by atoms with Crippen molar-refractivity contribution in [1.29, 1.82) is 0 Å². The minimum absolute atomic E-state index is 0.0553. The Hall–Kier alpha value is -0.710. The van der Waals surface area contributed by atoms with Crippen LogP contribution in [0, 0.1) is 11.8 Å². The normalized spacial score (nSPS) is 38.1. The van der Waals surface area contributed by atoms with Gasteiger partial charge in [-0.3, -0.25) is 4.79 Å². The average molecular weight is 177 g/mol. The van der Waals surface area contributed by atoms with Crippen molar-refractivity contribution in [3.8, 4) is 0 Å². The molecular weight excluding hydrogens is 168 g/mol. The lowest BCUT2D eigenvalue weighted by atomic mass is 10.4. The van der Waals surface area contributed by atoms with E-state index >= 15 is 0 Å². The van der Waals surface area contributed by atoms with Gasteiger partial charge in [0.15, 0.2) is 0 Å². The van der Waals surface area contributed by atoms with Gasteiger partial charge in [-0.2, -0.15) is 8.78 Å². The summed E-state index contributed by atoms with van der Waals surface area (Å²) in [5, 5.41) is 2.29. The Morgan fingerprint density at radius 2 is 2.00 bits per heavy atom. The van der Waals surface area contributed by atoms with Crippen LogP contribution in [-0.4, -0.2) is 31.6 Å². The molecule has 0 aromatic carbocycles. The Labute approximate surface area is 68.1 Å². The van der Waals surface area contributed by atoms with Gasteiger partial charge in [-0.25, -0.2) is 0 Å². The standard InChI is InChI=1S/C7H9F2NO2/c8-6(9)7(11)10-5-3-1-12-2-4(3)5/h3-6H,1-2H2,(H,10,11)/t3-,4+,5?. The topological polar surface area (TPSA) is 38.3 Å². The Balaban J connectivity index is 1.79. The molecule has 0 radical (unpaired) electrons. The summed E-state index contributed by atoms with van der Waals surface area (Å²) in [7, 11) is 0. The zero-order chi connectivity index (χ0) is 8.72. The molecule has 12 heavy (non-hydrogen) atoms. The first-order valence-electron chi connectivity index (χ1n) is 3.86. The van der Waals surface area contributed by atoms with E-state index in [9.17, 15) is 13.6 Å². The van der Waals surface area contributed by atoms with Gasteiger partial charge in [-0.15, -0.1) is 0 Å². The largest absolute Gasteiger partial charge is 0.381 e. The molecule has 5 heteroatoms. The van der Waals surface area contributed by atoms with Gasteiger partial charge in [0.2, 0.25) is 0 Å². The zero-order valence-electron chi connectivity index (χ0n) is 6.30. The van der Waals surface area contributed by atoms with Crippen molar-refractivity contribution in [2.75, 3.05) is 13.2 Å². The zero-order valence-corrected chi connectivity index (χ0v) is 6.30. The fraction of sp³-hybridized carbons (Fsp3) is 0.857. The third-order valence-corrected chi connectivity index (χ3v) is 2.46. The summed E-state index contributed by atoms with van der Waals surface area (Å²) in [6, 6.07) is -0.0553. The number of hydrogen-bond donors (Lipinski definition) is 1. The van der Waals surface area contributed by atoms with E-state index in [2.05, 4.69) is 5.32 Å². The first-order chi connectivity index (χ1) is 5.70. The molecule has 0 bridgehead atoms. The summed E-state index contributed by atoms with van der Waals surface area (Å²) >= 11 is 0. The van der Waals surface area contributed by atoms with Crippen molar-refractivity contribution in [2.45, 2.75) is 12.5 Å². The maximum absolute atomic E-state index is 11.7. The summed E-state index contributed by atoms with van der Waals surface area (Å²) in [6.45, 7) is 1.19. The number of hydrogen-bond acceptors (Lipinski definition) is 2. The van der Waals surface area contributed by atoms with Crippen LogP contribution < -0.4 is 5.32 Å². The highest BCUT2D eigenvalue weighted by molar-refractivity contribution is 5.79. The van der Waals surface area contributed by atoms with Gasteiger partial charge in [0.05, 0.1) is 13.2 Å². The Morgan fingerprint density at radius 3 is 2.50 bits per heavy atom. The molecule has 0 spiro atoms. The molecule has 1 heterocycles. The molecule has 2 fully saturated rings. The molecule has 1 amide bonds. The highest BCUT2D eigenvalue weighted by Crippen LogP contribution is 2.44. The van der Waals surface area contributed by atoms with Crippen LogP contribution in [0.4, 0.5) is 8.78 Å². The van der Waals surface area contributed by atoms with Crippen LogP contribution in [0.25, 0.3) is 0 Å². The van der Waals surface area contributed by atoms with Gasteiger partial charge >= 0.3 is 6.43 Å². The summed E-state index contributed by atoms with van der Waals surface area (Å²) in [5.41, 5.74) is 0. The lowest BCUT2D eigenvalue weighted by molar-refractivity contribution is -0.132. The van der Waals surface area contributed by atoms with Crippen LogP contribution in [0.3, 0.4) is 0 Å². The number of ether oxygens (including phenoxy) is 1. The third-order valence-electron chi connectivity index (χ3n) is 2.46. The van der Waals surface area contributed by atoms with Crippen LogP contribution in [-0.2, 0) is 9.53 Å². The Bertz CT molecular complexity index is 200. The molecule has 1 saturated carbocycles. The van der Waals surface area contributed by atoms with E-state index in [4.69, 9.17) is 4.74 Å². The number of fused-ring (bicyclic) bond motifs is 1. The highest BCUT2D eigenvalue weighted by Gasteiger charge is 2.55. The van der Waals surface area contributed by atoms with Crippen molar-refractivity contribution in [2.24, 2.45) is 11.8 Å². The van der Waals surface area contributed by atoms with Crippen LogP contribution >= 0.6 is 0 Å². The number of rotatable bonds is 2. The molecule has 3 atom stereocenters. The maximum Gasteiger partial charge on any atom is 0.315 e. The van der Waals surface area contributed by atoms with Crippen molar-refractivity contribution in [3.63, 3.8) is 0 Å². The fourth-order valence-electron chi connectivity index (χ4n) is 1.68. The van der Waals surface area contributed by atoms with Gasteiger partial charge in [-0.1, -0.05) is 0 Å². The van der Waals surface area contributed by atoms with E-state index in [-0.39, 0.29) is 17.9 Å². The summed E-state index contributed by atoms with van der Waals surface area (Å²) in [6.07, 6.45) is -2.90. The summed E-state index contributed by atoms with van der Waals surface area (Å²) in [5.74, 6) is -0.588. The van der Waals surface area contributed by atoms with Crippen LogP contribution in [0.1, 0.15) is 0 Å². The van der Waals surface area contributed by atoms with Crippen molar-refractivity contribution in [3.05, 3.63) is 0 Å². The van der Waals surface area contributed by atoms with Gasteiger partial charge < -0.3 is 10.1 Å². The summed E-state index contributed by atoms with van der Waals surface area (Å²) in [4.78, 5) is 10.5. The molecule has 1 unspecified atom stereocenters. The second kappa shape index (κ2) is 2.65. The third kappa shape index (κ3) is 1.18. The smallest absolute Gasteiger partial charge is 0.315 e. The lowest BCUT2D eigenvalue weighted by Gasteiger charge is -2.05. The molecule has 2 rings (SSSR count). The Kier molecular flexibility index (Phi) is 1.75. The van der Waals surface area contributed by atoms with Gasteiger partial charge in [0.25, 0.3) is 5.91 Å². The van der Waals surface area contributed by atoms with Gasteiger partial charge in [-0.05, 0) is 0 Å². The quantitative estimate of drug-likeness (QED) is 0.645. The molecule has 1 aliphatic heterocycles. The molecule has 1 N–H and O–H groups in total. The predicted octanol–water partition coefficient (Wildman–Crippen LogP) is 0.0125. The van der Waals surface area contributed by atoms with Crippen molar-refractivity contribution < 1.29 is 18.3 Å². The second-order valence-corrected chi connectivity index (χ2v) is 3.20. The average Bonchev–Trinajstić information content (AvgIpc) is 2.46. The highest BCUT2D eigenvalue weighted by atomic mass is 19.3. The van der Waals surface area contributed by atoms with E-state index in [1.54, 1.807) is 0 Å². The number of alkyl halides is 2. The molecule has 0 aromatic rings. The first kappa shape index (κ1) is 7.91. The van der Waals surface area contributed by atoms with Crippen LogP contribution in [0.15, 0.2) is 0 Å². The van der Waals surface area contributed by atoms with Crippen molar-refractivity contribution >= 4 is 5.91 Å². The first-order valence-corrected chi connectivity index (χ1v) is 3.86. The molecule has 3 nitrogen and oxygen atoms in total. The predicted molar refractivity (Wildman–Crippen MR) is 35.7 cm³/mol. The minimum atomic E-state index is -2.90. The number of nitrogens with one attached hydrogen (secondary N) is 1. The van der Waals surface area contributed by atoms with Gasteiger partial charge in [0, 0.05) is 17.9 Å². The SMILES string of the molecule is O=C(NC1[C@H]2COC[C@@H]12)C(F)F. The molecule has 68 valence electrons. The minimum Gasteiger partial charge on any atom is -0.381 e. The molecule has 2 aliphatic rings. The van der Waals surface area contributed by atoms with Gasteiger partial charge in [0.1, 0.15) is 0 Å². The van der Waals surface area contributed by atoms with E-state index in [1.807, 2.05) is 0 Å². The number of carbonyl (C=O) groups excluding carboxylic acids is 1. The summed E-state index contributed by atoms with van der Waals surface area (Å²) < 4.78 is 28.5. The van der Waals surface area contributed by atoms with Crippen molar-refractivity contribution in [1.82, 2.24) is 5.32 Å². The molecule has 0 aromatic heterocycles. The van der Waals surface area contributed by atoms with Crippen LogP contribution in [0.5, 0.6) is 0 Å². The number of carbonyl (C=O) groups is 1. The second-order valence-electron chi connectivity index (χ2n) is 3.20. The van der Waals surface area contributed by atoms with Crippen LogP contribution in [0.2, 0.25) is 0 Å². The molecule has 1 saturated heterocycles. The monoisotopic (exact) mass is 177 g/mol. The van der Waals surface area contributed by atoms with E-state index < -0.39 is 12.3 Å². The number of amides is 1.